The molecular weight excluding hydrogens is 274 g/mol. The average molecular weight is 293 g/mol. The van der Waals surface area contributed by atoms with Crippen LogP contribution in [0.2, 0.25) is 18.1 Å². The van der Waals surface area contributed by atoms with Crippen molar-refractivity contribution in [3.8, 4) is 5.75 Å². The Morgan fingerprint density at radius 3 is 2.45 bits per heavy atom. The Morgan fingerprint density at radius 1 is 1.20 bits per heavy atom. The Morgan fingerprint density at radius 2 is 1.85 bits per heavy atom. The molecule has 6 heteroatoms. The smallest absolute Gasteiger partial charge is 0.419 e. The first-order valence-electron chi connectivity index (χ1n) is 6.46. The van der Waals surface area contributed by atoms with Crippen molar-refractivity contribution < 1.29 is 8.84 Å². The molecule has 0 radical (unpaired) electrons. The van der Waals surface area contributed by atoms with E-state index in [-0.39, 0.29) is 5.04 Å². The summed E-state index contributed by atoms with van der Waals surface area (Å²) in [6.45, 7) is 10.7. The number of nitrogens with one attached hydrogen (secondary N) is 1. The van der Waals surface area contributed by atoms with Crippen LogP contribution in [0.1, 0.15) is 20.8 Å². The number of hydrogen-bond acceptors (Lipinski definition) is 4. The Hall–Kier alpha value is -1.82. The molecule has 20 heavy (non-hydrogen) atoms. The van der Waals surface area contributed by atoms with Crippen molar-refractivity contribution in [3.63, 3.8) is 0 Å². The molecule has 0 amide bonds. The molecule has 0 unspecified atom stereocenters. The molecule has 0 bridgehead atoms. The lowest BCUT2D eigenvalue weighted by atomic mass is 10.2. The van der Waals surface area contributed by atoms with Crippen molar-refractivity contribution in [2.75, 3.05) is 0 Å². The molecule has 0 saturated carbocycles. The molecule has 2 rings (SSSR count). The van der Waals surface area contributed by atoms with Gasteiger partial charge in [-0.15, -0.1) is 0 Å². The number of H-pyrrole nitrogens is 1. The Balaban J connectivity index is 2.48. The molecule has 0 aliphatic rings. The maximum absolute atomic E-state index is 11.7. The zero-order valence-electron chi connectivity index (χ0n) is 12.4. The largest absolute Gasteiger partial charge is 0.543 e. The highest BCUT2D eigenvalue weighted by Crippen LogP contribution is 2.37. The summed E-state index contributed by atoms with van der Waals surface area (Å²) in [7, 11) is -1.97. The first-order valence-corrected chi connectivity index (χ1v) is 9.37. The van der Waals surface area contributed by atoms with Gasteiger partial charge < -0.3 is 8.84 Å². The van der Waals surface area contributed by atoms with E-state index in [1.807, 2.05) is 0 Å². The van der Waals surface area contributed by atoms with E-state index in [2.05, 4.69) is 43.3 Å². The summed E-state index contributed by atoms with van der Waals surface area (Å²) in [4.78, 5) is 25.3. The van der Waals surface area contributed by atoms with Gasteiger partial charge in [-0.1, -0.05) is 20.8 Å². The molecule has 5 nitrogen and oxygen atoms in total. The van der Waals surface area contributed by atoms with Crippen LogP contribution in [0.4, 0.5) is 0 Å². The highest BCUT2D eigenvalue weighted by Gasteiger charge is 2.39. The molecule has 0 saturated heterocycles. The second kappa shape index (κ2) is 4.62. The fraction of sp³-hybridized carbons (Fsp3) is 0.429. The molecule has 1 aromatic heterocycles. The lowest BCUT2D eigenvalue weighted by molar-refractivity contribution is 0.459. The summed E-state index contributed by atoms with van der Waals surface area (Å²) >= 11 is 0. The van der Waals surface area contributed by atoms with Gasteiger partial charge in [-0.05, 0) is 36.3 Å². The minimum atomic E-state index is -1.97. The van der Waals surface area contributed by atoms with Crippen LogP contribution >= 0.6 is 0 Å². The van der Waals surface area contributed by atoms with Crippen molar-refractivity contribution in [2.45, 2.75) is 38.9 Å². The van der Waals surface area contributed by atoms with Crippen LogP contribution in [0.3, 0.4) is 0 Å². The zero-order valence-corrected chi connectivity index (χ0v) is 13.4. The van der Waals surface area contributed by atoms with Crippen molar-refractivity contribution in [1.82, 2.24) is 4.98 Å². The van der Waals surface area contributed by atoms with Gasteiger partial charge in [0.25, 0.3) is 0 Å². The topological polar surface area (TPSA) is 72.3 Å². The monoisotopic (exact) mass is 293 g/mol. The van der Waals surface area contributed by atoms with Crippen molar-refractivity contribution in [3.05, 3.63) is 39.2 Å². The van der Waals surface area contributed by atoms with E-state index in [0.717, 1.165) is 0 Å². The molecule has 0 spiro atoms. The summed E-state index contributed by atoms with van der Waals surface area (Å²) in [5.41, 5.74) is -0.196. The molecule has 1 heterocycles. The third-order valence-electron chi connectivity index (χ3n) is 3.81. The number of hydrogen-bond donors (Lipinski definition) is 1. The standard InChI is InChI=1S/C14H19NO4Si/c1-14(2,3)20(4,5)19-9-6-7-11-10(8-9)12(16)18-13(17)15-11/h6-8H,1-5H3,(H,15,17). The van der Waals surface area contributed by atoms with E-state index in [0.29, 0.717) is 16.7 Å². The van der Waals surface area contributed by atoms with E-state index in [1.165, 1.54) is 0 Å². The highest BCUT2D eigenvalue weighted by molar-refractivity contribution is 6.74. The van der Waals surface area contributed by atoms with Crippen LogP contribution in [-0.2, 0) is 0 Å². The van der Waals surface area contributed by atoms with Crippen LogP contribution in [-0.4, -0.2) is 13.3 Å². The molecule has 0 aliphatic heterocycles. The third-order valence-corrected chi connectivity index (χ3v) is 8.17. The van der Waals surface area contributed by atoms with E-state index >= 15 is 0 Å². The van der Waals surface area contributed by atoms with E-state index < -0.39 is 19.7 Å². The molecule has 0 atom stereocenters. The van der Waals surface area contributed by atoms with Crippen molar-refractivity contribution >= 4 is 19.2 Å². The predicted octanol–water partition coefficient (Wildman–Crippen LogP) is 2.87. The fourth-order valence-electron chi connectivity index (χ4n) is 1.59. The fourth-order valence-corrected chi connectivity index (χ4v) is 2.61. The Bertz CT molecular complexity index is 752. The van der Waals surface area contributed by atoms with Gasteiger partial charge in [0.1, 0.15) is 5.75 Å². The van der Waals surface area contributed by atoms with Crippen LogP contribution in [0.25, 0.3) is 10.9 Å². The Kier molecular flexibility index (Phi) is 3.37. The van der Waals surface area contributed by atoms with Crippen LogP contribution in [0, 0.1) is 0 Å². The average Bonchev–Trinajstić information content (AvgIpc) is 2.28. The van der Waals surface area contributed by atoms with Crippen molar-refractivity contribution in [2.24, 2.45) is 0 Å². The third kappa shape index (κ3) is 2.70. The maximum Gasteiger partial charge on any atom is 0.419 e. The SMILES string of the molecule is CC(C)(C)[Si](C)(C)Oc1ccc2[nH]c(=O)oc(=O)c2c1. The zero-order chi connectivity index (χ0) is 15.1. The van der Waals surface area contributed by atoms with Gasteiger partial charge >= 0.3 is 11.4 Å². The highest BCUT2D eigenvalue weighted by atomic mass is 28.4. The van der Waals surface area contributed by atoms with E-state index in [4.69, 9.17) is 4.43 Å². The summed E-state index contributed by atoms with van der Waals surface area (Å²) in [5.74, 6) is -0.121. The van der Waals surface area contributed by atoms with Gasteiger partial charge in [0.15, 0.2) is 0 Å². The number of fused-ring (bicyclic) bond motifs is 1. The van der Waals surface area contributed by atoms with E-state index in [1.54, 1.807) is 18.2 Å². The number of aromatic nitrogens is 1. The van der Waals surface area contributed by atoms with Crippen LogP contribution < -0.4 is 15.8 Å². The minimum absolute atomic E-state index is 0.0671. The molecule has 0 aliphatic carbocycles. The lowest BCUT2D eigenvalue weighted by Gasteiger charge is -2.36. The van der Waals surface area contributed by atoms with Gasteiger partial charge in [-0.2, -0.15) is 0 Å². The molecule has 108 valence electrons. The molecular formula is C14H19NO4Si. The van der Waals surface area contributed by atoms with Gasteiger partial charge in [-0.3, -0.25) is 4.98 Å². The number of aromatic amines is 1. The molecule has 1 N–H and O–H groups in total. The second-order valence-electron chi connectivity index (χ2n) is 6.37. The molecule has 0 fully saturated rings. The lowest BCUT2D eigenvalue weighted by Crippen LogP contribution is -2.43. The first kappa shape index (κ1) is 14.6. The summed E-state index contributed by atoms with van der Waals surface area (Å²) in [6.07, 6.45) is 0. The summed E-state index contributed by atoms with van der Waals surface area (Å²) < 4.78 is 10.7. The van der Waals surface area contributed by atoms with Gasteiger partial charge in [0.05, 0.1) is 10.9 Å². The normalized spacial score (nSPS) is 12.7. The Labute approximate surface area is 117 Å². The minimum Gasteiger partial charge on any atom is -0.543 e. The van der Waals surface area contributed by atoms with Gasteiger partial charge in [-0.25, -0.2) is 9.59 Å². The first-order chi connectivity index (χ1) is 9.10. The molecule has 2 aromatic rings. The quantitative estimate of drug-likeness (QED) is 0.864. The predicted molar refractivity (Wildman–Crippen MR) is 80.9 cm³/mol. The van der Waals surface area contributed by atoms with Crippen LogP contribution in [0.15, 0.2) is 32.2 Å². The van der Waals surface area contributed by atoms with Crippen molar-refractivity contribution in [1.29, 1.82) is 0 Å². The van der Waals surface area contributed by atoms with Crippen LogP contribution in [0.5, 0.6) is 5.75 Å². The second-order valence-corrected chi connectivity index (χ2v) is 11.1. The summed E-state index contributed by atoms with van der Waals surface area (Å²) in [6, 6.07) is 5.05. The number of rotatable bonds is 2. The van der Waals surface area contributed by atoms with E-state index in [9.17, 15) is 9.59 Å². The van der Waals surface area contributed by atoms with Gasteiger partial charge in [0, 0.05) is 0 Å². The van der Waals surface area contributed by atoms with Gasteiger partial charge in [0.2, 0.25) is 8.32 Å². The number of benzene rings is 1. The maximum atomic E-state index is 11.7. The summed E-state index contributed by atoms with van der Waals surface area (Å²) in [5, 5.41) is 0.387. The molecule has 1 aromatic carbocycles.